The zero-order valence-electron chi connectivity index (χ0n) is 20.4. The first-order valence-electron chi connectivity index (χ1n) is 13.3. The van der Waals surface area contributed by atoms with Crippen LogP contribution < -0.4 is 0 Å². The molecule has 1 heterocycles. The maximum atomic E-state index is 4.77. The fourth-order valence-electron chi connectivity index (χ4n) is 4.46. The highest BCUT2D eigenvalue weighted by atomic mass is 15.3. The average molecular weight is 408 g/mol. The van der Waals surface area contributed by atoms with E-state index in [0.29, 0.717) is 0 Å². The van der Waals surface area contributed by atoms with Gasteiger partial charge >= 0.3 is 0 Å². The van der Waals surface area contributed by atoms with Crippen LogP contribution in [-0.4, -0.2) is 54.9 Å². The van der Waals surface area contributed by atoms with E-state index in [9.17, 15) is 0 Å². The van der Waals surface area contributed by atoms with Gasteiger partial charge in [-0.1, -0.05) is 111 Å². The van der Waals surface area contributed by atoms with Crippen LogP contribution >= 0.6 is 0 Å². The molecule has 0 spiro atoms. The normalized spacial score (nSPS) is 14.2. The molecule has 3 nitrogen and oxygen atoms in total. The summed E-state index contributed by atoms with van der Waals surface area (Å²) < 4.78 is 0. The summed E-state index contributed by atoms with van der Waals surface area (Å²) in [5.74, 6) is 1.40. The fourth-order valence-corrected chi connectivity index (χ4v) is 4.46. The Labute approximate surface area is 183 Å². The molecule has 0 saturated heterocycles. The summed E-state index contributed by atoms with van der Waals surface area (Å²) in [4.78, 5) is 9.84. The van der Waals surface area contributed by atoms with Gasteiger partial charge in [0.25, 0.3) is 0 Å². The molecule has 0 radical (unpaired) electrons. The molecule has 0 aliphatic carbocycles. The number of unbranched alkanes of at least 4 members (excludes halogenated alkanes) is 14. The summed E-state index contributed by atoms with van der Waals surface area (Å²) in [5.41, 5.74) is 0. The van der Waals surface area contributed by atoms with Crippen LogP contribution in [0.25, 0.3) is 0 Å². The maximum Gasteiger partial charge on any atom is 0.0990 e. The van der Waals surface area contributed by atoms with Gasteiger partial charge in [0.15, 0.2) is 0 Å². The Morgan fingerprint density at radius 2 is 1.17 bits per heavy atom. The summed E-state index contributed by atoms with van der Waals surface area (Å²) in [7, 11) is 0. The average Bonchev–Trinajstić information content (AvgIpc) is 3.19. The van der Waals surface area contributed by atoms with Crippen molar-refractivity contribution < 1.29 is 0 Å². The van der Waals surface area contributed by atoms with E-state index in [2.05, 4.69) is 30.6 Å². The van der Waals surface area contributed by atoms with Gasteiger partial charge in [0.2, 0.25) is 0 Å². The molecule has 0 N–H and O–H groups in total. The van der Waals surface area contributed by atoms with Crippen LogP contribution in [0.4, 0.5) is 0 Å². The SMILES string of the molecule is CCCCCCCCCCCCCCCCCC1=NCCN1CCN(CC)CC. The highest BCUT2D eigenvalue weighted by Crippen LogP contribution is 2.15. The Balaban J connectivity index is 1.87. The van der Waals surface area contributed by atoms with Gasteiger partial charge in [-0.05, 0) is 19.5 Å². The van der Waals surface area contributed by atoms with Gasteiger partial charge in [-0.2, -0.15) is 0 Å². The lowest BCUT2D eigenvalue weighted by molar-refractivity contribution is 0.272. The summed E-state index contributed by atoms with van der Waals surface area (Å²) >= 11 is 0. The van der Waals surface area contributed by atoms with Crippen LogP contribution in [0.1, 0.15) is 124 Å². The number of likely N-dealkylation sites (N-methyl/N-ethyl adjacent to an activating group) is 1. The van der Waals surface area contributed by atoms with Crippen molar-refractivity contribution in [3.63, 3.8) is 0 Å². The van der Waals surface area contributed by atoms with E-state index in [-0.39, 0.29) is 0 Å². The Morgan fingerprint density at radius 1 is 0.690 bits per heavy atom. The number of amidine groups is 1. The van der Waals surface area contributed by atoms with E-state index in [1.54, 1.807) is 0 Å². The van der Waals surface area contributed by atoms with E-state index in [1.807, 2.05) is 0 Å². The highest BCUT2D eigenvalue weighted by Gasteiger charge is 2.16. The largest absolute Gasteiger partial charge is 0.357 e. The van der Waals surface area contributed by atoms with Crippen LogP contribution in [0.5, 0.6) is 0 Å². The Morgan fingerprint density at radius 3 is 1.66 bits per heavy atom. The monoisotopic (exact) mass is 407 g/mol. The molecule has 0 atom stereocenters. The van der Waals surface area contributed by atoms with Crippen molar-refractivity contribution >= 4 is 5.84 Å². The predicted molar refractivity (Wildman–Crippen MR) is 131 cm³/mol. The molecule has 1 aliphatic heterocycles. The van der Waals surface area contributed by atoms with Gasteiger partial charge in [0.1, 0.15) is 0 Å². The number of hydrogen-bond acceptors (Lipinski definition) is 3. The number of rotatable bonds is 21. The lowest BCUT2D eigenvalue weighted by Gasteiger charge is -2.25. The molecular weight excluding hydrogens is 354 g/mol. The van der Waals surface area contributed by atoms with Crippen LogP contribution in [0.2, 0.25) is 0 Å². The maximum absolute atomic E-state index is 4.77. The summed E-state index contributed by atoms with van der Waals surface area (Å²) in [6, 6.07) is 0. The molecule has 1 rings (SSSR count). The van der Waals surface area contributed by atoms with Crippen molar-refractivity contribution in [2.24, 2.45) is 4.99 Å². The van der Waals surface area contributed by atoms with Gasteiger partial charge in [-0.25, -0.2) is 0 Å². The summed E-state index contributed by atoms with van der Waals surface area (Å²) in [6.45, 7) is 13.7. The highest BCUT2D eigenvalue weighted by molar-refractivity contribution is 5.83. The van der Waals surface area contributed by atoms with E-state index < -0.39 is 0 Å². The second-order valence-electron chi connectivity index (χ2n) is 9.01. The Hall–Kier alpha value is -0.570. The van der Waals surface area contributed by atoms with E-state index in [0.717, 1.165) is 26.2 Å². The van der Waals surface area contributed by atoms with Crippen molar-refractivity contribution in [3.05, 3.63) is 0 Å². The van der Waals surface area contributed by atoms with Crippen molar-refractivity contribution in [1.82, 2.24) is 9.80 Å². The quantitative estimate of drug-likeness (QED) is 0.186. The molecule has 0 bridgehead atoms. The molecule has 0 amide bonds. The third-order valence-electron chi connectivity index (χ3n) is 6.61. The van der Waals surface area contributed by atoms with Crippen LogP contribution in [0.15, 0.2) is 4.99 Å². The molecule has 3 heteroatoms. The first-order chi connectivity index (χ1) is 14.3. The van der Waals surface area contributed by atoms with E-state index in [4.69, 9.17) is 4.99 Å². The molecule has 0 fully saturated rings. The number of hydrogen-bond donors (Lipinski definition) is 0. The zero-order valence-corrected chi connectivity index (χ0v) is 20.4. The van der Waals surface area contributed by atoms with Crippen molar-refractivity contribution in [2.45, 2.75) is 124 Å². The number of aliphatic imine (C=N–C) groups is 1. The van der Waals surface area contributed by atoms with Crippen LogP contribution in [0.3, 0.4) is 0 Å². The third kappa shape index (κ3) is 14.1. The third-order valence-corrected chi connectivity index (χ3v) is 6.61. The molecule has 29 heavy (non-hydrogen) atoms. The lowest BCUT2D eigenvalue weighted by atomic mass is 10.0. The molecule has 1 aliphatic rings. The van der Waals surface area contributed by atoms with Crippen molar-refractivity contribution in [3.8, 4) is 0 Å². The predicted octanol–water partition coefficient (Wildman–Crippen LogP) is 7.30. The molecule has 0 saturated carbocycles. The number of nitrogens with zero attached hydrogens (tertiary/aromatic N) is 3. The Kier molecular flexibility index (Phi) is 17.7. The fraction of sp³-hybridized carbons (Fsp3) is 0.962. The van der Waals surface area contributed by atoms with Gasteiger partial charge < -0.3 is 9.80 Å². The minimum atomic E-state index is 1.02. The topological polar surface area (TPSA) is 18.8 Å². The van der Waals surface area contributed by atoms with Crippen LogP contribution in [0, 0.1) is 0 Å². The van der Waals surface area contributed by atoms with Gasteiger partial charge in [-0.3, -0.25) is 4.99 Å². The van der Waals surface area contributed by atoms with Gasteiger partial charge in [0, 0.05) is 26.1 Å². The second-order valence-corrected chi connectivity index (χ2v) is 9.01. The first-order valence-corrected chi connectivity index (χ1v) is 13.3. The zero-order chi connectivity index (χ0) is 21.0. The van der Waals surface area contributed by atoms with E-state index >= 15 is 0 Å². The summed E-state index contributed by atoms with van der Waals surface area (Å²) in [6.07, 6.45) is 22.8. The molecule has 0 aromatic heterocycles. The lowest BCUT2D eigenvalue weighted by Crippen LogP contribution is -2.37. The standard InChI is InChI=1S/C26H53N3/c1-4-7-8-9-10-11-12-13-14-15-16-17-18-19-20-21-26-27-22-23-29(26)25-24-28(5-2)6-3/h4-25H2,1-3H3. The molecule has 0 aromatic rings. The van der Waals surface area contributed by atoms with Crippen LogP contribution in [-0.2, 0) is 0 Å². The minimum absolute atomic E-state index is 1.02. The minimum Gasteiger partial charge on any atom is -0.357 e. The smallest absolute Gasteiger partial charge is 0.0990 e. The Bertz CT molecular complexity index is 376. The van der Waals surface area contributed by atoms with E-state index in [1.165, 1.54) is 122 Å². The van der Waals surface area contributed by atoms with Gasteiger partial charge in [0.05, 0.1) is 12.4 Å². The van der Waals surface area contributed by atoms with Gasteiger partial charge in [-0.15, -0.1) is 0 Å². The first kappa shape index (κ1) is 26.5. The van der Waals surface area contributed by atoms with Crippen molar-refractivity contribution in [1.29, 1.82) is 0 Å². The van der Waals surface area contributed by atoms with Crippen molar-refractivity contribution in [2.75, 3.05) is 39.3 Å². The molecular formula is C26H53N3. The second kappa shape index (κ2) is 19.4. The molecule has 0 aromatic carbocycles. The summed E-state index contributed by atoms with van der Waals surface area (Å²) in [5, 5.41) is 0. The molecule has 172 valence electrons. The molecule has 0 unspecified atom stereocenters.